The molecule has 6 aliphatic rings. The molecule has 4 amide bonds. The van der Waals surface area contributed by atoms with Crippen molar-refractivity contribution < 1.29 is 28.7 Å². The largest absolute Gasteiger partial charge is 0.389 e. The molecule has 8 heterocycles. The third-order valence-electron chi connectivity index (χ3n) is 14.4. The van der Waals surface area contributed by atoms with Crippen LogP contribution in [0.5, 0.6) is 0 Å². The molecule has 4 fully saturated rings. The third kappa shape index (κ3) is 8.09. The lowest BCUT2D eigenvalue weighted by molar-refractivity contribution is -0.151. The molecular formula is C48H50ClFN10O5S. The number of amides is 4. The molecule has 342 valence electrons. The SMILES string of the molecule is O=C1CCC(Nc2ccc(N3CCC(O)(CC(=O)N4CC5(C4)CN(c4ccc(-c6cc(F)c7c(c6)CN(C(C(=O)Nc6nccs6)c6ncn8c6CCC8)C7)cc4)C5)CC3)c(Cl)c2)C(=O)N1. The van der Waals surface area contributed by atoms with Crippen molar-refractivity contribution in [3.8, 4) is 11.1 Å². The van der Waals surface area contributed by atoms with Gasteiger partial charge in [-0.1, -0.05) is 23.7 Å². The second-order valence-corrected chi connectivity index (χ2v) is 20.3. The molecule has 0 aliphatic carbocycles. The number of hydrogen-bond acceptors (Lipinski definition) is 12. The molecule has 0 saturated carbocycles. The second-order valence-electron chi connectivity index (χ2n) is 19.0. The van der Waals surface area contributed by atoms with Crippen LogP contribution in [0, 0.1) is 11.2 Å². The number of aliphatic hydroxyl groups is 1. The Morgan fingerprint density at radius 1 is 0.955 bits per heavy atom. The molecule has 6 aliphatic heterocycles. The van der Waals surface area contributed by atoms with E-state index in [0.717, 1.165) is 71.9 Å². The van der Waals surface area contributed by atoms with Gasteiger partial charge in [0, 0.05) is 105 Å². The number of imidazole rings is 1. The fraction of sp³-hybridized carbons (Fsp3) is 0.417. The normalized spacial score (nSPS) is 21.2. The number of benzene rings is 3. The number of likely N-dealkylation sites (tertiary alicyclic amines) is 1. The summed E-state index contributed by atoms with van der Waals surface area (Å²) in [6.07, 6.45) is 6.97. The first kappa shape index (κ1) is 42.7. The molecule has 18 heteroatoms. The zero-order valence-electron chi connectivity index (χ0n) is 36.3. The van der Waals surface area contributed by atoms with Crippen LogP contribution in [0.25, 0.3) is 11.1 Å². The highest BCUT2D eigenvalue weighted by Gasteiger charge is 2.54. The molecule has 4 saturated heterocycles. The number of hydrogen-bond donors (Lipinski definition) is 4. The van der Waals surface area contributed by atoms with Crippen molar-refractivity contribution in [3.63, 3.8) is 0 Å². The van der Waals surface area contributed by atoms with E-state index in [2.05, 4.69) is 47.4 Å². The van der Waals surface area contributed by atoms with Gasteiger partial charge in [0.2, 0.25) is 23.6 Å². The minimum absolute atomic E-state index is 0.0226. The summed E-state index contributed by atoms with van der Waals surface area (Å²) in [6.45, 7) is 5.67. The van der Waals surface area contributed by atoms with E-state index >= 15 is 4.39 Å². The van der Waals surface area contributed by atoms with E-state index in [1.807, 2.05) is 51.8 Å². The van der Waals surface area contributed by atoms with Crippen molar-refractivity contribution in [2.24, 2.45) is 5.41 Å². The van der Waals surface area contributed by atoms with E-state index in [1.54, 1.807) is 18.3 Å². The van der Waals surface area contributed by atoms with Crippen molar-refractivity contribution in [2.75, 3.05) is 59.7 Å². The monoisotopic (exact) mass is 932 g/mol. The average Bonchev–Trinajstić information content (AvgIpc) is 4.10. The molecule has 15 nitrogen and oxygen atoms in total. The highest BCUT2D eigenvalue weighted by Crippen LogP contribution is 2.44. The maximum Gasteiger partial charge on any atom is 0.249 e. The number of anilines is 4. The van der Waals surface area contributed by atoms with Gasteiger partial charge < -0.3 is 35.0 Å². The van der Waals surface area contributed by atoms with Crippen molar-refractivity contribution in [3.05, 3.63) is 106 Å². The van der Waals surface area contributed by atoms with E-state index in [4.69, 9.17) is 16.6 Å². The third-order valence-corrected chi connectivity index (χ3v) is 15.4. The molecule has 2 aromatic heterocycles. The number of rotatable bonds is 11. The van der Waals surface area contributed by atoms with Crippen LogP contribution in [-0.2, 0) is 45.2 Å². The van der Waals surface area contributed by atoms with Crippen LogP contribution >= 0.6 is 22.9 Å². The Kier molecular flexibility index (Phi) is 10.9. The Morgan fingerprint density at radius 3 is 2.50 bits per heavy atom. The van der Waals surface area contributed by atoms with E-state index in [0.29, 0.717) is 79.9 Å². The van der Waals surface area contributed by atoms with Gasteiger partial charge >= 0.3 is 0 Å². The fourth-order valence-corrected chi connectivity index (χ4v) is 11.7. The van der Waals surface area contributed by atoms with Crippen LogP contribution < -0.4 is 25.8 Å². The summed E-state index contributed by atoms with van der Waals surface area (Å²) in [4.78, 5) is 68.2. The van der Waals surface area contributed by atoms with Gasteiger partial charge in [0.05, 0.1) is 34.8 Å². The van der Waals surface area contributed by atoms with Crippen LogP contribution in [-0.4, -0.2) is 104 Å². The maximum absolute atomic E-state index is 15.9. The number of nitrogens with one attached hydrogen (secondary N) is 3. The predicted molar refractivity (Wildman–Crippen MR) is 249 cm³/mol. The number of halogens is 2. The smallest absolute Gasteiger partial charge is 0.249 e. The second kappa shape index (κ2) is 16.8. The molecule has 5 aromatic rings. The van der Waals surface area contributed by atoms with Crippen LogP contribution in [0.3, 0.4) is 0 Å². The topological polar surface area (TPSA) is 168 Å². The molecule has 4 N–H and O–H groups in total. The van der Waals surface area contributed by atoms with Gasteiger partial charge in [0.15, 0.2) is 5.13 Å². The Hall–Kier alpha value is -5.88. The van der Waals surface area contributed by atoms with Gasteiger partial charge in [-0.3, -0.25) is 29.4 Å². The molecule has 2 atom stereocenters. The molecule has 66 heavy (non-hydrogen) atoms. The zero-order chi connectivity index (χ0) is 45.3. The number of aromatic nitrogens is 3. The summed E-state index contributed by atoms with van der Waals surface area (Å²) < 4.78 is 18.0. The first-order valence-corrected chi connectivity index (χ1v) is 23.9. The number of piperidine rings is 2. The first-order chi connectivity index (χ1) is 31.9. The summed E-state index contributed by atoms with van der Waals surface area (Å²) in [5.41, 5.74) is 6.47. The average molecular weight is 934 g/mol. The summed E-state index contributed by atoms with van der Waals surface area (Å²) in [5.74, 6) is -1.15. The molecule has 3 aromatic carbocycles. The van der Waals surface area contributed by atoms with Crippen LogP contribution in [0.1, 0.15) is 67.1 Å². The highest BCUT2D eigenvalue weighted by molar-refractivity contribution is 7.13. The van der Waals surface area contributed by atoms with Crippen LogP contribution in [0.4, 0.5) is 26.6 Å². The molecule has 11 rings (SSSR count). The van der Waals surface area contributed by atoms with E-state index < -0.39 is 17.7 Å². The number of carbonyl (C=O) groups excluding carboxylic acids is 4. The number of nitrogens with zero attached hydrogens (tertiary/aromatic N) is 7. The number of fused-ring (bicyclic) bond motifs is 2. The molecule has 0 bridgehead atoms. The quantitative estimate of drug-likeness (QED) is 0.120. The van der Waals surface area contributed by atoms with Crippen molar-refractivity contribution in [1.82, 2.24) is 29.7 Å². The van der Waals surface area contributed by atoms with E-state index in [-0.39, 0.29) is 47.7 Å². The maximum atomic E-state index is 15.9. The number of aryl methyl sites for hydroxylation is 1. The summed E-state index contributed by atoms with van der Waals surface area (Å²) >= 11 is 8.04. The zero-order valence-corrected chi connectivity index (χ0v) is 37.8. The van der Waals surface area contributed by atoms with E-state index in [9.17, 15) is 24.3 Å². The summed E-state index contributed by atoms with van der Waals surface area (Å²) in [5, 5.41) is 22.8. The standard InChI is InChI=1S/C48H50ClFN10O5S/c49-35-20-32(53-37-8-10-40(61)54-44(37)63)5-9-38(35)56-15-11-48(65,12-16-56)21-41(62)60-26-47(27-60)24-59(25-47)33-6-3-29(4-7-33)30-18-31-22-58(23-34(31)36(50)19-30)43(45(64)55-46-51-13-17-66-46)42-39-2-1-14-57(39)28-52-42/h3-7,9,13,17-20,28,37,43,53,65H,1-2,8,10-12,14-16,21-27H2,(H,51,55,64)(H,54,61,63). The van der Waals surface area contributed by atoms with Gasteiger partial charge in [-0.25, -0.2) is 14.4 Å². The predicted octanol–water partition coefficient (Wildman–Crippen LogP) is 5.73. The van der Waals surface area contributed by atoms with Gasteiger partial charge in [-0.05, 0) is 91.3 Å². The van der Waals surface area contributed by atoms with Gasteiger partial charge in [-0.15, -0.1) is 11.3 Å². The minimum Gasteiger partial charge on any atom is -0.389 e. The number of carbonyl (C=O) groups is 4. The first-order valence-electron chi connectivity index (χ1n) is 22.7. The lowest BCUT2D eigenvalue weighted by Crippen LogP contribution is -2.73. The molecule has 0 radical (unpaired) electrons. The Balaban J connectivity index is 0.665. The van der Waals surface area contributed by atoms with Gasteiger partial charge in [0.25, 0.3) is 0 Å². The Morgan fingerprint density at radius 2 is 1.76 bits per heavy atom. The van der Waals surface area contributed by atoms with Gasteiger partial charge in [0.1, 0.15) is 17.9 Å². The highest BCUT2D eigenvalue weighted by atomic mass is 35.5. The lowest BCUT2D eigenvalue weighted by atomic mass is 9.72. The minimum atomic E-state index is -1.09. The summed E-state index contributed by atoms with van der Waals surface area (Å²) in [6, 6.07) is 16.2. The van der Waals surface area contributed by atoms with Crippen molar-refractivity contribution in [1.29, 1.82) is 0 Å². The molecule has 2 unspecified atom stereocenters. The number of imide groups is 1. The lowest BCUT2D eigenvalue weighted by Gasteiger charge is -2.61. The Labute approximate surface area is 389 Å². The molecular weight excluding hydrogens is 883 g/mol. The van der Waals surface area contributed by atoms with Crippen molar-refractivity contribution in [2.45, 2.75) is 82.3 Å². The van der Waals surface area contributed by atoms with Crippen molar-refractivity contribution >= 4 is 68.8 Å². The van der Waals surface area contributed by atoms with Gasteiger partial charge in [-0.2, -0.15) is 0 Å². The van der Waals surface area contributed by atoms with E-state index in [1.165, 1.54) is 11.3 Å². The van der Waals surface area contributed by atoms with Crippen LogP contribution in [0.2, 0.25) is 5.02 Å². The van der Waals surface area contributed by atoms with Crippen LogP contribution in [0.15, 0.2) is 72.5 Å². The number of thiazole rings is 1. The fourth-order valence-electron chi connectivity index (χ4n) is 10.9. The Bertz CT molecular complexity index is 2730. The summed E-state index contributed by atoms with van der Waals surface area (Å²) in [7, 11) is 0. The molecule has 1 spiro atoms.